The van der Waals surface area contributed by atoms with Gasteiger partial charge in [-0.25, -0.2) is 9.59 Å². The van der Waals surface area contributed by atoms with E-state index in [1.165, 1.54) is 0 Å². The topological polar surface area (TPSA) is 83.1 Å². The molecule has 0 bridgehead atoms. The Morgan fingerprint density at radius 1 is 0.849 bits per heavy atom. The molecule has 296 valence electrons. The van der Waals surface area contributed by atoms with Crippen LogP contribution in [0, 0.1) is 11.8 Å². The van der Waals surface area contributed by atoms with Gasteiger partial charge in [-0.2, -0.15) is 0 Å². The molecule has 0 saturated carbocycles. The zero-order valence-electron chi connectivity index (χ0n) is 35.0. The van der Waals surface area contributed by atoms with Gasteiger partial charge in [0.2, 0.25) is 0 Å². The first-order valence-corrected chi connectivity index (χ1v) is 22.5. The number of methoxy groups -OCH3 is 2. The van der Waals surface area contributed by atoms with Crippen molar-refractivity contribution in [1.82, 2.24) is 5.32 Å². The molecule has 5 atom stereocenters. The highest BCUT2D eigenvalue weighted by Gasteiger charge is 2.22. The molecular formula is C45H71NO6Si. The number of esters is 1. The van der Waals surface area contributed by atoms with Crippen molar-refractivity contribution in [2.24, 2.45) is 11.8 Å². The third-order valence-corrected chi connectivity index (χ3v) is 10.1. The number of amides is 1. The highest BCUT2D eigenvalue weighted by atomic mass is 28.3. The first-order chi connectivity index (χ1) is 25.0. The summed E-state index contributed by atoms with van der Waals surface area (Å²) in [6, 6.07) is 0.924. The van der Waals surface area contributed by atoms with E-state index in [1.54, 1.807) is 21.1 Å². The molecule has 0 spiro atoms. The van der Waals surface area contributed by atoms with Gasteiger partial charge in [0.15, 0.2) is 0 Å². The lowest BCUT2D eigenvalue weighted by molar-refractivity contribution is -0.143. The van der Waals surface area contributed by atoms with Gasteiger partial charge in [-0.3, -0.25) is 0 Å². The average molecular weight is 750 g/mol. The number of alkyl carbamates (subject to hydrolysis) is 1. The Hall–Kier alpha value is -3.72. The molecule has 7 nitrogen and oxygen atoms in total. The molecule has 0 heterocycles. The van der Waals surface area contributed by atoms with E-state index in [-0.39, 0.29) is 30.0 Å². The Balaban J connectivity index is 5.99. The summed E-state index contributed by atoms with van der Waals surface area (Å²) in [4.78, 5) is 25.7. The largest absolute Gasteiger partial charge is 0.454 e. The number of hydrogen-bond acceptors (Lipinski definition) is 6. The minimum Gasteiger partial charge on any atom is -0.454 e. The van der Waals surface area contributed by atoms with Gasteiger partial charge in [0, 0.05) is 40.3 Å². The summed E-state index contributed by atoms with van der Waals surface area (Å²) in [6.07, 6.45) is 27.3. The van der Waals surface area contributed by atoms with Crippen LogP contribution in [0.4, 0.5) is 4.79 Å². The van der Waals surface area contributed by atoms with Crippen LogP contribution in [0.25, 0.3) is 0 Å². The van der Waals surface area contributed by atoms with Gasteiger partial charge in [-0.05, 0) is 71.4 Å². The molecule has 0 aromatic heterocycles. The molecule has 0 aliphatic heterocycles. The van der Waals surface area contributed by atoms with E-state index in [2.05, 4.69) is 56.3 Å². The van der Waals surface area contributed by atoms with Crippen molar-refractivity contribution in [2.75, 3.05) is 27.4 Å². The standard InChI is InChI=1S/C45H71NO6Si/c1-15-20-42(50-11)32-36(5)26-25-35(4)31-40(9)44(47)52-43(38(7)22-17-18-23-41(49-10)24-19-21-34(3)16-2)39(8)28-27-37(6)33-46-45(48)51-29-30-53(12,13)14/h15-18,21-23,25-28,31-32,35,38,41-43H,1-2,19-20,24,29-30,33H2,3-14H3,(H,46,48)/b22-17+,23-18+,26-25+,34-21-,36-32+,37-27+,39-28+,40-31+/t35-,38+,41-,42+,43+/m1/s1. The average Bonchev–Trinajstić information content (AvgIpc) is 3.10. The maximum atomic E-state index is 13.5. The Bertz CT molecular complexity index is 1390. The first-order valence-electron chi connectivity index (χ1n) is 18.8. The molecule has 0 aromatic rings. The van der Waals surface area contributed by atoms with Crippen molar-refractivity contribution < 1.29 is 28.5 Å². The van der Waals surface area contributed by atoms with Crippen LogP contribution in [0.5, 0.6) is 0 Å². The van der Waals surface area contributed by atoms with Crippen molar-refractivity contribution in [3.8, 4) is 0 Å². The van der Waals surface area contributed by atoms with Crippen molar-refractivity contribution in [3.05, 3.63) is 120 Å². The van der Waals surface area contributed by atoms with Crippen LogP contribution in [-0.2, 0) is 23.7 Å². The van der Waals surface area contributed by atoms with Gasteiger partial charge in [0.05, 0.1) is 18.8 Å². The molecule has 0 aliphatic carbocycles. The monoisotopic (exact) mass is 750 g/mol. The summed E-state index contributed by atoms with van der Waals surface area (Å²) < 4.78 is 22.6. The van der Waals surface area contributed by atoms with E-state index < -0.39 is 20.3 Å². The number of rotatable bonds is 25. The smallest absolute Gasteiger partial charge is 0.407 e. The molecule has 0 aliphatic rings. The molecule has 0 unspecified atom stereocenters. The second kappa shape index (κ2) is 27.8. The van der Waals surface area contributed by atoms with Crippen LogP contribution in [0.3, 0.4) is 0 Å². The minimum atomic E-state index is -1.28. The maximum absolute atomic E-state index is 13.5. The third kappa shape index (κ3) is 25.0. The van der Waals surface area contributed by atoms with Crippen LogP contribution in [-0.4, -0.2) is 65.8 Å². The van der Waals surface area contributed by atoms with Crippen LogP contribution >= 0.6 is 0 Å². The summed E-state index contributed by atoms with van der Waals surface area (Å²) in [7, 11) is 2.12. The molecule has 0 saturated heterocycles. The van der Waals surface area contributed by atoms with Crippen LogP contribution in [0.1, 0.15) is 67.7 Å². The Morgan fingerprint density at radius 3 is 2.11 bits per heavy atom. The number of allylic oxidation sites excluding steroid dienone is 11. The fourth-order valence-corrected chi connectivity index (χ4v) is 5.62. The molecule has 1 N–H and O–H groups in total. The summed E-state index contributed by atoms with van der Waals surface area (Å²) in [6.45, 7) is 28.9. The molecular weight excluding hydrogens is 679 g/mol. The van der Waals surface area contributed by atoms with Gasteiger partial charge in [-0.1, -0.05) is 136 Å². The molecule has 0 radical (unpaired) electrons. The second-order valence-corrected chi connectivity index (χ2v) is 20.6. The predicted octanol–water partition coefficient (Wildman–Crippen LogP) is 11.2. The molecule has 0 fully saturated rings. The van der Waals surface area contributed by atoms with E-state index in [0.717, 1.165) is 47.6 Å². The van der Waals surface area contributed by atoms with Gasteiger partial charge < -0.3 is 24.3 Å². The Kier molecular flexibility index (Phi) is 25.9. The summed E-state index contributed by atoms with van der Waals surface area (Å²) in [5.74, 6) is -0.495. The number of hydrogen-bond donors (Lipinski definition) is 1. The van der Waals surface area contributed by atoms with Crippen molar-refractivity contribution >= 4 is 20.1 Å². The Morgan fingerprint density at radius 2 is 1.51 bits per heavy atom. The van der Waals surface area contributed by atoms with E-state index >= 15 is 0 Å². The summed E-state index contributed by atoms with van der Waals surface area (Å²) in [5, 5.41) is 2.82. The zero-order chi connectivity index (χ0) is 40.4. The van der Waals surface area contributed by atoms with Crippen LogP contribution < -0.4 is 5.32 Å². The molecule has 0 rings (SSSR count). The SMILES string of the molecule is C=CC[C@@H](/C=C(C)/C=C/[C@@H](C)/C=C(\C)C(=O)O[C@H](/C(C)=C/C=C(\C)CNC(=O)OCC[Si](C)(C)C)[C@@H](C)/C=C/C=C/[C@H](CC/C=C(/C)C=C)OC)OC. The van der Waals surface area contributed by atoms with Crippen molar-refractivity contribution in [2.45, 2.75) is 112 Å². The minimum absolute atomic E-state index is 0.00839. The molecule has 8 heteroatoms. The Labute approximate surface area is 324 Å². The summed E-state index contributed by atoms with van der Waals surface area (Å²) in [5.41, 5.74) is 4.57. The van der Waals surface area contributed by atoms with E-state index in [1.807, 2.05) is 102 Å². The van der Waals surface area contributed by atoms with E-state index in [0.29, 0.717) is 18.7 Å². The van der Waals surface area contributed by atoms with E-state index in [9.17, 15) is 9.59 Å². The lowest BCUT2D eigenvalue weighted by Gasteiger charge is -2.23. The van der Waals surface area contributed by atoms with Crippen molar-refractivity contribution in [1.29, 1.82) is 0 Å². The van der Waals surface area contributed by atoms with Crippen LogP contribution in [0.15, 0.2) is 120 Å². The van der Waals surface area contributed by atoms with Crippen LogP contribution in [0.2, 0.25) is 25.7 Å². The van der Waals surface area contributed by atoms with E-state index in [4.69, 9.17) is 18.9 Å². The lowest BCUT2D eigenvalue weighted by atomic mass is 9.96. The number of carbonyl (C=O) groups is 2. The lowest BCUT2D eigenvalue weighted by Crippen LogP contribution is -2.29. The fraction of sp³-hybridized carbons (Fsp3) is 0.511. The third-order valence-electron chi connectivity index (χ3n) is 8.43. The number of ether oxygens (including phenoxy) is 4. The van der Waals surface area contributed by atoms with Gasteiger partial charge in [0.1, 0.15) is 6.10 Å². The first kappa shape index (κ1) is 49.3. The summed E-state index contributed by atoms with van der Waals surface area (Å²) >= 11 is 0. The fourth-order valence-electron chi connectivity index (χ4n) is 4.91. The number of carbonyl (C=O) groups excluding carboxylic acids is 2. The van der Waals surface area contributed by atoms with Gasteiger partial charge in [-0.15, -0.1) is 6.58 Å². The molecule has 1 amide bonds. The van der Waals surface area contributed by atoms with Gasteiger partial charge >= 0.3 is 12.1 Å². The quantitative estimate of drug-likeness (QED) is 0.0329. The van der Waals surface area contributed by atoms with Gasteiger partial charge in [0.25, 0.3) is 0 Å². The highest BCUT2D eigenvalue weighted by molar-refractivity contribution is 6.76. The predicted molar refractivity (Wildman–Crippen MR) is 228 cm³/mol. The zero-order valence-corrected chi connectivity index (χ0v) is 36.0. The highest BCUT2D eigenvalue weighted by Crippen LogP contribution is 2.21. The number of nitrogens with one attached hydrogen (secondary N) is 1. The normalized spacial score (nSPS) is 16.8. The molecule has 0 aromatic carbocycles. The maximum Gasteiger partial charge on any atom is 0.407 e. The second-order valence-electron chi connectivity index (χ2n) is 15.0. The van der Waals surface area contributed by atoms with Crippen molar-refractivity contribution in [3.63, 3.8) is 0 Å². The molecule has 53 heavy (non-hydrogen) atoms.